The van der Waals surface area contributed by atoms with E-state index in [9.17, 15) is 4.79 Å². The summed E-state index contributed by atoms with van der Waals surface area (Å²) >= 11 is 3.48. The summed E-state index contributed by atoms with van der Waals surface area (Å²) in [5.74, 6) is 0.0788. The zero-order valence-corrected chi connectivity index (χ0v) is 14.0. The van der Waals surface area contributed by atoms with Gasteiger partial charge in [-0.15, -0.1) is 0 Å². The monoisotopic (exact) mass is 339 g/mol. The van der Waals surface area contributed by atoms with Gasteiger partial charge in [-0.05, 0) is 43.9 Å². The second-order valence-electron chi connectivity index (χ2n) is 6.20. The topological polar surface area (TPSA) is 29.5 Å². The molecule has 0 N–H and O–H groups in total. The number of nitrogens with zero attached hydrogens (tertiary/aromatic N) is 1. The molecule has 0 atom stereocenters. The molecule has 2 rings (SSSR count). The number of halogens is 1. The minimum atomic E-state index is -0.270. The van der Waals surface area contributed by atoms with E-state index in [2.05, 4.69) is 34.1 Å². The fourth-order valence-corrected chi connectivity index (χ4v) is 2.62. The van der Waals surface area contributed by atoms with Crippen LogP contribution in [0.1, 0.15) is 37.5 Å². The Hall–Kier alpha value is -0.870. The highest BCUT2D eigenvalue weighted by Crippen LogP contribution is 2.22. The van der Waals surface area contributed by atoms with Crippen LogP contribution in [0, 0.1) is 0 Å². The Kier molecular flexibility index (Phi) is 4.86. The Morgan fingerprint density at radius 3 is 2.75 bits per heavy atom. The molecule has 0 radical (unpaired) electrons. The quantitative estimate of drug-likeness (QED) is 0.791. The van der Waals surface area contributed by atoms with E-state index >= 15 is 0 Å². The van der Waals surface area contributed by atoms with E-state index in [1.807, 2.05) is 25.7 Å². The molecule has 1 aliphatic rings. The highest BCUT2D eigenvalue weighted by atomic mass is 79.9. The van der Waals surface area contributed by atoms with Crippen molar-refractivity contribution in [2.24, 2.45) is 0 Å². The lowest BCUT2D eigenvalue weighted by atomic mass is 9.98. The molecule has 0 bridgehead atoms. The molecule has 0 aromatic heterocycles. The highest BCUT2D eigenvalue weighted by molar-refractivity contribution is 9.08. The molecule has 1 heterocycles. The Morgan fingerprint density at radius 2 is 2.10 bits per heavy atom. The standard InChI is InChI=1S/C16H22BrNO2/c1-16(2,3)20-11-15(19)18-7-6-13-8-12(9-17)4-5-14(13)10-18/h4-5,8H,6-7,9-11H2,1-3H3. The number of amides is 1. The van der Waals surface area contributed by atoms with E-state index in [-0.39, 0.29) is 18.1 Å². The number of rotatable bonds is 3. The SMILES string of the molecule is CC(C)(C)OCC(=O)N1CCc2cc(CBr)ccc2C1. The smallest absolute Gasteiger partial charge is 0.248 e. The van der Waals surface area contributed by atoms with E-state index in [0.717, 1.165) is 18.3 Å². The zero-order chi connectivity index (χ0) is 14.8. The molecule has 0 fully saturated rings. The lowest BCUT2D eigenvalue weighted by Crippen LogP contribution is -2.39. The van der Waals surface area contributed by atoms with Crippen LogP contribution in [0.2, 0.25) is 0 Å². The third kappa shape index (κ3) is 4.06. The van der Waals surface area contributed by atoms with Crippen molar-refractivity contribution in [2.45, 2.75) is 44.7 Å². The van der Waals surface area contributed by atoms with Crippen molar-refractivity contribution in [2.75, 3.05) is 13.2 Å². The summed E-state index contributed by atoms with van der Waals surface area (Å²) < 4.78 is 5.57. The van der Waals surface area contributed by atoms with Gasteiger partial charge < -0.3 is 9.64 Å². The van der Waals surface area contributed by atoms with Gasteiger partial charge in [-0.2, -0.15) is 0 Å². The second-order valence-corrected chi connectivity index (χ2v) is 6.76. The Bertz CT molecular complexity index is 494. The van der Waals surface area contributed by atoms with E-state index in [1.165, 1.54) is 16.7 Å². The van der Waals surface area contributed by atoms with Crippen molar-refractivity contribution in [1.29, 1.82) is 0 Å². The van der Waals surface area contributed by atoms with Gasteiger partial charge in [0.15, 0.2) is 0 Å². The van der Waals surface area contributed by atoms with Crippen molar-refractivity contribution in [1.82, 2.24) is 4.90 Å². The average molecular weight is 340 g/mol. The largest absolute Gasteiger partial charge is 0.366 e. The van der Waals surface area contributed by atoms with Gasteiger partial charge in [0.2, 0.25) is 5.91 Å². The summed E-state index contributed by atoms with van der Waals surface area (Å²) in [7, 11) is 0. The number of carbonyl (C=O) groups is 1. The molecule has 0 spiro atoms. The normalized spacial score (nSPS) is 15.1. The molecule has 1 aliphatic heterocycles. The van der Waals surface area contributed by atoms with Crippen molar-refractivity contribution in [3.8, 4) is 0 Å². The average Bonchev–Trinajstić information content (AvgIpc) is 2.42. The van der Waals surface area contributed by atoms with Gasteiger partial charge in [-0.1, -0.05) is 34.1 Å². The molecule has 0 saturated carbocycles. The molecule has 0 unspecified atom stereocenters. The van der Waals surface area contributed by atoms with Gasteiger partial charge in [-0.25, -0.2) is 0 Å². The molecule has 1 amide bonds. The Balaban J connectivity index is 1.98. The Morgan fingerprint density at radius 1 is 1.35 bits per heavy atom. The maximum Gasteiger partial charge on any atom is 0.248 e. The fraction of sp³-hybridized carbons (Fsp3) is 0.562. The predicted molar refractivity (Wildman–Crippen MR) is 83.9 cm³/mol. The lowest BCUT2D eigenvalue weighted by Gasteiger charge is -2.30. The first kappa shape index (κ1) is 15.5. The number of fused-ring (bicyclic) bond motifs is 1. The Labute approximate surface area is 129 Å². The van der Waals surface area contributed by atoms with Crippen LogP contribution in [0.5, 0.6) is 0 Å². The van der Waals surface area contributed by atoms with Gasteiger partial charge in [0.05, 0.1) is 5.60 Å². The van der Waals surface area contributed by atoms with Gasteiger partial charge in [-0.3, -0.25) is 4.79 Å². The minimum absolute atomic E-state index is 0.0788. The van der Waals surface area contributed by atoms with Crippen molar-refractivity contribution < 1.29 is 9.53 Å². The summed E-state index contributed by atoms with van der Waals surface area (Å²) in [6.45, 7) is 7.54. The van der Waals surface area contributed by atoms with Crippen LogP contribution in [0.4, 0.5) is 0 Å². The number of ether oxygens (including phenoxy) is 1. The second kappa shape index (κ2) is 6.27. The summed E-state index contributed by atoms with van der Waals surface area (Å²) in [6.07, 6.45) is 0.928. The maximum absolute atomic E-state index is 12.2. The summed E-state index contributed by atoms with van der Waals surface area (Å²) in [5.41, 5.74) is 3.64. The van der Waals surface area contributed by atoms with Gasteiger partial charge >= 0.3 is 0 Å². The van der Waals surface area contributed by atoms with Crippen molar-refractivity contribution in [3.05, 3.63) is 34.9 Å². The first-order chi connectivity index (χ1) is 9.39. The van der Waals surface area contributed by atoms with Crippen LogP contribution >= 0.6 is 15.9 Å². The molecular weight excluding hydrogens is 318 g/mol. The summed E-state index contributed by atoms with van der Waals surface area (Å²) in [5, 5.41) is 0.877. The third-order valence-electron chi connectivity index (χ3n) is 3.42. The van der Waals surface area contributed by atoms with E-state index in [1.54, 1.807) is 0 Å². The van der Waals surface area contributed by atoms with Crippen LogP contribution < -0.4 is 0 Å². The summed E-state index contributed by atoms with van der Waals surface area (Å²) in [4.78, 5) is 14.1. The molecule has 110 valence electrons. The molecule has 0 aliphatic carbocycles. The molecule has 0 saturated heterocycles. The number of benzene rings is 1. The molecule has 20 heavy (non-hydrogen) atoms. The molecular formula is C16H22BrNO2. The first-order valence-corrected chi connectivity index (χ1v) is 8.09. The highest BCUT2D eigenvalue weighted by Gasteiger charge is 2.22. The van der Waals surface area contributed by atoms with Crippen LogP contribution in [-0.2, 0) is 27.8 Å². The predicted octanol–water partition coefficient (Wildman–Crippen LogP) is 3.28. The van der Waals surface area contributed by atoms with E-state index in [0.29, 0.717) is 6.54 Å². The molecule has 3 nitrogen and oxygen atoms in total. The number of carbonyl (C=O) groups excluding carboxylic acids is 1. The van der Waals surface area contributed by atoms with E-state index in [4.69, 9.17) is 4.74 Å². The number of alkyl halides is 1. The van der Waals surface area contributed by atoms with Crippen molar-refractivity contribution in [3.63, 3.8) is 0 Å². The van der Waals surface area contributed by atoms with Crippen LogP contribution in [0.15, 0.2) is 18.2 Å². The van der Waals surface area contributed by atoms with Crippen LogP contribution in [0.25, 0.3) is 0 Å². The van der Waals surface area contributed by atoms with Gasteiger partial charge in [0.25, 0.3) is 0 Å². The van der Waals surface area contributed by atoms with Gasteiger partial charge in [0, 0.05) is 18.4 Å². The van der Waals surface area contributed by atoms with Crippen molar-refractivity contribution >= 4 is 21.8 Å². The molecule has 1 aromatic rings. The number of hydrogen-bond donors (Lipinski definition) is 0. The fourth-order valence-electron chi connectivity index (χ4n) is 2.27. The maximum atomic E-state index is 12.2. The molecule has 4 heteroatoms. The minimum Gasteiger partial charge on any atom is -0.366 e. The third-order valence-corrected chi connectivity index (χ3v) is 4.07. The molecule has 1 aromatic carbocycles. The lowest BCUT2D eigenvalue weighted by molar-refractivity contribution is -0.141. The first-order valence-electron chi connectivity index (χ1n) is 6.97. The summed E-state index contributed by atoms with van der Waals surface area (Å²) in [6, 6.07) is 6.49. The van der Waals surface area contributed by atoms with Gasteiger partial charge in [0.1, 0.15) is 6.61 Å². The van der Waals surface area contributed by atoms with Crippen LogP contribution in [0.3, 0.4) is 0 Å². The van der Waals surface area contributed by atoms with E-state index < -0.39 is 0 Å². The number of hydrogen-bond acceptors (Lipinski definition) is 2. The zero-order valence-electron chi connectivity index (χ0n) is 12.4. The van der Waals surface area contributed by atoms with Crippen LogP contribution in [-0.4, -0.2) is 29.6 Å².